The SMILES string of the molecule is CN(CC(=O)Nc1cccc(S(=O)(=O)c2ccccc2NC(C(=O)O)C(C)(C)C)c1)C(=O)OCc1ccccc1. The maximum atomic E-state index is 13.6. The van der Waals surface area contributed by atoms with E-state index in [0.717, 1.165) is 10.5 Å². The highest BCUT2D eigenvalue weighted by atomic mass is 32.2. The topological polar surface area (TPSA) is 142 Å². The Morgan fingerprint density at radius 1 is 0.950 bits per heavy atom. The predicted octanol–water partition coefficient (Wildman–Crippen LogP) is 4.64. The second-order valence-electron chi connectivity index (χ2n) is 10.3. The van der Waals surface area contributed by atoms with Crippen molar-refractivity contribution in [3.8, 4) is 0 Å². The Labute approximate surface area is 233 Å². The van der Waals surface area contributed by atoms with Gasteiger partial charge in [0, 0.05) is 12.7 Å². The number of nitrogens with zero attached hydrogens (tertiary/aromatic N) is 1. The average molecular weight is 568 g/mol. The van der Waals surface area contributed by atoms with Gasteiger partial charge in [-0.1, -0.05) is 69.3 Å². The normalized spacial score (nSPS) is 12.2. The van der Waals surface area contributed by atoms with Gasteiger partial charge >= 0.3 is 12.1 Å². The van der Waals surface area contributed by atoms with Crippen molar-refractivity contribution < 1.29 is 32.6 Å². The number of carboxylic acid groups (broad SMARTS) is 1. The molecule has 1 atom stereocenters. The van der Waals surface area contributed by atoms with E-state index in [1.54, 1.807) is 32.9 Å². The number of carboxylic acids is 1. The fraction of sp³-hybridized carbons (Fsp3) is 0.276. The highest BCUT2D eigenvalue weighted by molar-refractivity contribution is 7.91. The summed E-state index contributed by atoms with van der Waals surface area (Å²) in [5.74, 6) is -1.66. The summed E-state index contributed by atoms with van der Waals surface area (Å²) >= 11 is 0. The molecular weight excluding hydrogens is 534 g/mol. The molecule has 0 spiro atoms. The molecule has 3 aromatic rings. The smallest absolute Gasteiger partial charge is 0.410 e. The van der Waals surface area contributed by atoms with E-state index in [0.29, 0.717) is 0 Å². The van der Waals surface area contributed by atoms with Gasteiger partial charge < -0.3 is 25.4 Å². The van der Waals surface area contributed by atoms with E-state index >= 15 is 0 Å². The van der Waals surface area contributed by atoms with E-state index in [1.165, 1.54) is 43.4 Å². The van der Waals surface area contributed by atoms with Crippen LogP contribution in [-0.4, -0.2) is 56.0 Å². The third-order valence-electron chi connectivity index (χ3n) is 5.92. The summed E-state index contributed by atoms with van der Waals surface area (Å²) in [6.07, 6.45) is -0.686. The molecule has 0 aromatic heterocycles. The first kappa shape index (κ1) is 30.2. The minimum Gasteiger partial charge on any atom is -0.480 e. The fourth-order valence-corrected chi connectivity index (χ4v) is 5.27. The van der Waals surface area contributed by atoms with Gasteiger partial charge in [0.25, 0.3) is 0 Å². The number of carbonyl (C=O) groups is 3. The van der Waals surface area contributed by atoms with Crippen LogP contribution < -0.4 is 10.6 Å². The van der Waals surface area contributed by atoms with Crippen molar-refractivity contribution in [2.24, 2.45) is 5.41 Å². The van der Waals surface area contributed by atoms with Crippen LogP contribution in [0.25, 0.3) is 0 Å². The van der Waals surface area contributed by atoms with Gasteiger partial charge in [-0.05, 0) is 41.3 Å². The number of benzene rings is 3. The molecule has 0 saturated carbocycles. The predicted molar refractivity (Wildman–Crippen MR) is 151 cm³/mol. The van der Waals surface area contributed by atoms with Gasteiger partial charge in [0.05, 0.1) is 15.5 Å². The van der Waals surface area contributed by atoms with Crippen LogP contribution in [-0.2, 0) is 30.8 Å². The molecule has 10 nitrogen and oxygen atoms in total. The van der Waals surface area contributed by atoms with E-state index in [-0.39, 0.29) is 34.3 Å². The summed E-state index contributed by atoms with van der Waals surface area (Å²) in [5, 5.41) is 15.2. The van der Waals surface area contributed by atoms with Crippen LogP contribution in [0.1, 0.15) is 26.3 Å². The monoisotopic (exact) mass is 567 g/mol. The second-order valence-corrected chi connectivity index (χ2v) is 12.2. The molecule has 11 heteroatoms. The summed E-state index contributed by atoms with van der Waals surface area (Å²) in [5.41, 5.74) is 0.463. The number of sulfone groups is 1. The van der Waals surface area contributed by atoms with Crippen LogP contribution in [0.15, 0.2) is 88.7 Å². The molecule has 3 N–H and O–H groups in total. The molecule has 1 unspecified atom stereocenters. The molecule has 2 amide bonds. The number of anilines is 2. The largest absolute Gasteiger partial charge is 0.480 e. The molecule has 3 rings (SSSR count). The molecule has 0 aliphatic carbocycles. The number of amides is 2. The Morgan fingerprint density at radius 3 is 2.25 bits per heavy atom. The average Bonchev–Trinajstić information content (AvgIpc) is 2.90. The fourth-order valence-electron chi connectivity index (χ4n) is 3.80. The number of nitrogens with one attached hydrogen (secondary N) is 2. The maximum Gasteiger partial charge on any atom is 0.410 e. The summed E-state index contributed by atoms with van der Waals surface area (Å²) < 4.78 is 32.4. The van der Waals surface area contributed by atoms with Crippen LogP contribution in [0.3, 0.4) is 0 Å². The van der Waals surface area contributed by atoms with Crippen LogP contribution in [0.5, 0.6) is 0 Å². The molecule has 0 heterocycles. The first-order valence-corrected chi connectivity index (χ1v) is 13.9. The highest BCUT2D eigenvalue weighted by Crippen LogP contribution is 2.32. The maximum absolute atomic E-state index is 13.6. The van der Waals surface area contributed by atoms with Gasteiger partial charge in [-0.2, -0.15) is 0 Å². The third kappa shape index (κ3) is 7.82. The summed E-state index contributed by atoms with van der Waals surface area (Å²) in [6.45, 7) is 4.96. The van der Waals surface area contributed by atoms with Gasteiger partial charge in [0.1, 0.15) is 19.2 Å². The van der Waals surface area contributed by atoms with Crippen molar-refractivity contribution in [3.05, 3.63) is 84.4 Å². The van der Waals surface area contributed by atoms with Gasteiger partial charge in [0.15, 0.2) is 0 Å². The van der Waals surface area contributed by atoms with Crippen molar-refractivity contribution in [2.45, 2.75) is 43.2 Å². The van der Waals surface area contributed by atoms with Crippen LogP contribution in [0, 0.1) is 5.41 Å². The lowest BCUT2D eigenvalue weighted by atomic mass is 9.86. The molecule has 0 aliphatic heterocycles. The Morgan fingerprint density at radius 2 is 1.60 bits per heavy atom. The lowest BCUT2D eigenvalue weighted by Gasteiger charge is -2.29. The zero-order valence-corrected chi connectivity index (χ0v) is 23.6. The lowest BCUT2D eigenvalue weighted by Crippen LogP contribution is -2.41. The Bertz CT molecular complexity index is 1470. The van der Waals surface area contributed by atoms with Crippen LogP contribution in [0.4, 0.5) is 16.2 Å². The minimum atomic E-state index is -4.11. The van der Waals surface area contributed by atoms with Gasteiger partial charge in [-0.15, -0.1) is 0 Å². The first-order chi connectivity index (χ1) is 18.8. The Balaban J connectivity index is 1.72. The summed E-state index contributed by atoms with van der Waals surface area (Å²) in [6, 6.07) is 19.8. The molecule has 0 aliphatic rings. The number of ether oxygens (including phenoxy) is 1. The van der Waals surface area contributed by atoms with Gasteiger partial charge in [0.2, 0.25) is 15.7 Å². The molecule has 0 bridgehead atoms. The van der Waals surface area contributed by atoms with Crippen LogP contribution in [0.2, 0.25) is 0 Å². The molecular formula is C29H33N3O7S. The Hall–Kier alpha value is -4.38. The quantitative estimate of drug-likeness (QED) is 0.322. The third-order valence-corrected chi connectivity index (χ3v) is 7.72. The van der Waals surface area contributed by atoms with Gasteiger partial charge in [-0.3, -0.25) is 4.79 Å². The molecule has 212 valence electrons. The van der Waals surface area contributed by atoms with Crippen molar-refractivity contribution in [3.63, 3.8) is 0 Å². The zero-order chi connectivity index (χ0) is 29.5. The van der Waals surface area contributed by atoms with E-state index in [2.05, 4.69) is 10.6 Å². The van der Waals surface area contributed by atoms with Crippen molar-refractivity contribution in [1.29, 1.82) is 0 Å². The van der Waals surface area contributed by atoms with E-state index in [1.807, 2.05) is 30.3 Å². The summed E-state index contributed by atoms with van der Waals surface area (Å²) in [7, 11) is -2.69. The van der Waals surface area contributed by atoms with E-state index in [9.17, 15) is 27.9 Å². The second kappa shape index (κ2) is 12.6. The lowest BCUT2D eigenvalue weighted by molar-refractivity contribution is -0.140. The molecule has 3 aromatic carbocycles. The Kier molecular flexibility index (Phi) is 9.54. The number of rotatable bonds is 10. The number of aliphatic carboxylic acids is 1. The summed E-state index contributed by atoms with van der Waals surface area (Å²) in [4.78, 5) is 37.6. The van der Waals surface area contributed by atoms with E-state index < -0.39 is 39.3 Å². The number of carbonyl (C=O) groups excluding carboxylic acids is 2. The number of para-hydroxylation sites is 1. The number of likely N-dealkylation sites (N-methyl/N-ethyl adjacent to an activating group) is 1. The highest BCUT2D eigenvalue weighted by Gasteiger charge is 2.33. The van der Waals surface area contributed by atoms with Crippen molar-refractivity contribution in [2.75, 3.05) is 24.2 Å². The van der Waals surface area contributed by atoms with Crippen molar-refractivity contribution >= 4 is 39.2 Å². The number of hydrogen-bond acceptors (Lipinski definition) is 7. The van der Waals surface area contributed by atoms with E-state index in [4.69, 9.17) is 4.74 Å². The standard InChI is InChI=1S/C29H33N3O7S/c1-29(2,3)26(27(34)35)31-23-15-8-9-16-24(23)40(37,38)22-14-10-13-21(17-22)30-25(33)18-32(4)28(36)39-19-20-11-6-5-7-12-20/h5-17,26,31H,18-19H2,1-4H3,(H,30,33)(H,34,35). The van der Waals surface area contributed by atoms with Gasteiger partial charge in [-0.25, -0.2) is 18.0 Å². The first-order valence-electron chi connectivity index (χ1n) is 12.4. The molecule has 0 radical (unpaired) electrons. The molecule has 40 heavy (non-hydrogen) atoms. The van der Waals surface area contributed by atoms with Crippen LogP contribution >= 0.6 is 0 Å². The zero-order valence-electron chi connectivity index (χ0n) is 22.7. The number of hydrogen-bond donors (Lipinski definition) is 3. The van der Waals surface area contributed by atoms with Crippen molar-refractivity contribution in [1.82, 2.24) is 4.90 Å². The molecule has 0 saturated heterocycles. The minimum absolute atomic E-state index is 0.0603. The molecule has 0 fully saturated rings.